The molecule has 1 rings (SSSR count). The van der Waals surface area contributed by atoms with Crippen LogP contribution in [-0.4, -0.2) is 55.8 Å². The summed E-state index contributed by atoms with van der Waals surface area (Å²) in [5.41, 5.74) is 0. The molecule has 0 aromatic carbocycles. The van der Waals surface area contributed by atoms with Crippen molar-refractivity contribution in [2.45, 2.75) is 40.0 Å². The molecule has 1 fully saturated rings. The Hall–Kier alpha value is -0.660. The van der Waals surface area contributed by atoms with Gasteiger partial charge in [-0.25, -0.2) is 0 Å². The molecule has 0 spiro atoms. The van der Waals surface area contributed by atoms with Gasteiger partial charge >= 0.3 is 5.97 Å². The lowest BCUT2D eigenvalue weighted by molar-refractivity contribution is -0.143. The van der Waals surface area contributed by atoms with Gasteiger partial charge in [0.15, 0.2) is 0 Å². The molecular formula is C13H26N2O4S. The predicted molar refractivity (Wildman–Crippen MR) is 77.4 cm³/mol. The lowest BCUT2D eigenvalue weighted by Crippen LogP contribution is -2.49. The van der Waals surface area contributed by atoms with E-state index >= 15 is 0 Å². The Labute approximate surface area is 122 Å². The van der Waals surface area contributed by atoms with Crippen LogP contribution in [0.15, 0.2) is 0 Å². The van der Waals surface area contributed by atoms with Gasteiger partial charge in [-0.15, -0.1) is 0 Å². The number of esters is 1. The number of hydrogen-bond acceptors (Lipinski definition) is 4. The van der Waals surface area contributed by atoms with E-state index in [1.54, 1.807) is 6.92 Å². The van der Waals surface area contributed by atoms with Crippen LogP contribution in [-0.2, 0) is 19.7 Å². The molecule has 6 nitrogen and oxygen atoms in total. The molecule has 0 N–H and O–H groups in total. The second-order valence-corrected chi connectivity index (χ2v) is 7.18. The summed E-state index contributed by atoms with van der Waals surface area (Å²) in [5, 5.41) is 0. The molecule has 0 saturated carbocycles. The van der Waals surface area contributed by atoms with E-state index in [0.717, 1.165) is 12.8 Å². The fourth-order valence-electron chi connectivity index (χ4n) is 2.40. The molecule has 118 valence electrons. The highest BCUT2D eigenvalue weighted by Crippen LogP contribution is 2.20. The average Bonchev–Trinajstić information content (AvgIpc) is 2.38. The topological polar surface area (TPSA) is 66.9 Å². The SMILES string of the molecule is CCCN(CC(=O)OCC)S(=O)(=O)N1CCCC(C)C1. The van der Waals surface area contributed by atoms with Crippen LogP contribution in [0.1, 0.15) is 40.0 Å². The molecule has 0 aromatic heterocycles. The zero-order valence-electron chi connectivity index (χ0n) is 12.7. The van der Waals surface area contributed by atoms with Crippen molar-refractivity contribution >= 4 is 16.2 Å². The Morgan fingerprint density at radius 2 is 2.10 bits per heavy atom. The Kier molecular flexibility index (Phi) is 6.91. The number of carbonyl (C=O) groups excluding carboxylic acids is 1. The Morgan fingerprint density at radius 3 is 2.65 bits per heavy atom. The van der Waals surface area contributed by atoms with E-state index in [1.165, 1.54) is 8.61 Å². The Balaban J connectivity index is 2.79. The van der Waals surface area contributed by atoms with Gasteiger partial charge < -0.3 is 4.74 Å². The first-order chi connectivity index (χ1) is 9.41. The van der Waals surface area contributed by atoms with Crippen LogP contribution in [0.5, 0.6) is 0 Å². The third-order valence-electron chi connectivity index (χ3n) is 3.36. The maximum absolute atomic E-state index is 12.6. The maximum Gasteiger partial charge on any atom is 0.321 e. The van der Waals surface area contributed by atoms with Crippen molar-refractivity contribution in [3.63, 3.8) is 0 Å². The Morgan fingerprint density at radius 1 is 1.40 bits per heavy atom. The standard InChI is InChI=1S/C13H26N2O4S/c1-4-8-14(11-13(16)19-5-2)20(17,18)15-9-6-7-12(3)10-15/h12H,4-11H2,1-3H3. The second-order valence-electron chi connectivity index (χ2n) is 5.25. The van der Waals surface area contributed by atoms with Crippen LogP contribution in [0.2, 0.25) is 0 Å². The number of rotatable bonds is 7. The molecule has 1 heterocycles. The monoisotopic (exact) mass is 306 g/mol. The van der Waals surface area contributed by atoms with Crippen molar-refractivity contribution in [3.05, 3.63) is 0 Å². The number of hydrogen-bond donors (Lipinski definition) is 0. The van der Waals surface area contributed by atoms with E-state index in [9.17, 15) is 13.2 Å². The van der Waals surface area contributed by atoms with Gasteiger partial charge in [-0.1, -0.05) is 13.8 Å². The van der Waals surface area contributed by atoms with Gasteiger partial charge in [0.05, 0.1) is 6.61 Å². The summed E-state index contributed by atoms with van der Waals surface area (Å²) in [6.07, 6.45) is 2.60. The van der Waals surface area contributed by atoms with E-state index in [1.807, 2.05) is 6.92 Å². The second kappa shape index (κ2) is 7.95. The average molecular weight is 306 g/mol. The van der Waals surface area contributed by atoms with E-state index in [0.29, 0.717) is 32.0 Å². The quantitative estimate of drug-likeness (QED) is 0.664. The molecule has 1 aliphatic rings. The lowest BCUT2D eigenvalue weighted by atomic mass is 10.0. The molecule has 0 aromatic rings. The van der Waals surface area contributed by atoms with Crippen LogP contribution < -0.4 is 0 Å². The summed E-state index contributed by atoms with van der Waals surface area (Å²) >= 11 is 0. The van der Waals surface area contributed by atoms with E-state index in [-0.39, 0.29) is 13.2 Å². The molecular weight excluding hydrogens is 280 g/mol. The lowest BCUT2D eigenvalue weighted by Gasteiger charge is -2.34. The first-order valence-corrected chi connectivity index (χ1v) is 8.72. The van der Waals surface area contributed by atoms with Crippen molar-refractivity contribution in [1.82, 2.24) is 8.61 Å². The summed E-state index contributed by atoms with van der Waals surface area (Å²) < 4.78 is 32.8. The van der Waals surface area contributed by atoms with Crippen molar-refractivity contribution in [3.8, 4) is 0 Å². The third-order valence-corrected chi connectivity index (χ3v) is 5.30. The molecule has 1 unspecified atom stereocenters. The summed E-state index contributed by atoms with van der Waals surface area (Å²) in [6.45, 7) is 7.13. The minimum Gasteiger partial charge on any atom is -0.465 e. The first-order valence-electron chi connectivity index (χ1n) is 7.32. The van der Waals surface area contributed by atoms with Gasteiger partial charge in [0.1, 0.15) is 6.54 Å². The first kappa shape index (κ1) is 17.4. The highest BCUT2D eigenvalue weighted by Gasteiger charge is 2.33. The van der Waals surface area contributed by atoms with Gasteiger partial charge in [0.2, 0.25) is 0 Å². The maximum atomic E-state index is 12.6. The van der Waals surface area contributed by atoms with Gasteiger partial charge in [-0.2, -0.15) is 17.0 Å². The molecule has 1 aliphatic heterocycles. The smallest absolute Gasteiger partial charge is 0.321 e. The van der Waals surface area contributed by atoms with E-state index in [4.69, 9.17) is 4.74 Å². The van der Waals surface area contributed by atoms with Gasteiger partial charge in [-0.05, 0) is 32.1 Å². The molecule has 1 saturated heterocycles. The van der Waals surface area contributed by atoms with E-state index in [2.05, 4.69) is 6.92 Å². The van der Waals surface area contributed by atoms with Gasteiger partial charge in [0.25, 0.3) is 10.2 Å². The summed E-state index contributed by atoms with van der Waals surface area (Å²) in [4.78, 5) is 11.6. The summed E-state index contributed by atoms with van der Waals surface area (Å²) in [6, 6.07) is 0. The number of piperidine rings is 1. The van der Waals surface area contributed by atoms with E-state index < -0.39 is 16.2 Å². The molecule has 0 aliphatic carbocycles. The minimum absolute atomic E-state index is 0.200. The molecule has 0 amide bonds. The molecule has 7 heteroatoms. The molecule has 20 heavy (non-hydrogen) atoms. The highest BCUT2D eigenvalue weighted by atomic mass is 32.2. The fourth-order valence-corrected chi connectivity index (χ4v) is 4.21. The Bertz CT molecular complexity index is 411. The van der Waals surface area contributed by atoms with Crippen molar-refractivity contribution in [2.24, 2.45) is 5.92 Å². The molecule has 0 bridgehead atoms. The summed E-state index contributed by atoms with van der Waals surface area (Å²) in [5.74, 6) is -0.126. The largest absolute Gasteiger partial charge is 0.465 e. The highest BCUT2D eigenvalue weighted by molar-refractivity contribution is 7.86. The zero-order valence-corrected chi connectivity index (χ0v) is 13.5. The van der Waals surface area contributed by atoms with Crippen LogP contribution in [0.4, 0.5) is 0 Å². The van der Waals surface area contributed by atoms with Crippen molar-refractivity contribution in [2.75, 3.05) is 32.8 Å². The van der Waals surface area contributed by atoms with Gasteiger partial charge in [0, 0.05) is 19.6 Å². The fraction of sp³-hybridized carbons (Fsp3) is 0.923. The number of ether oxygens (including phenoxy) is 1. The number of nitrogens with zero attached hydrogens (tertiary/aromatic N) is 2. The summed E-state index contributed by atoms with van der Waals surface area (Å²) in [7, 11) is -3.57. The number of carbonyl (C=O) groups is 1. The van der Waals surface area contributed by atoms with Crippen LogP contribution in [0.3, 0.4) is 0 Å². The normalized spacial score (nSPS) is 21.1. The molecule has 0 radical (unpaired) electrons. The minimum atomic E-state index is -3.57. The van der Waals surface area contributed by atoms with Crippen LogP contribution in [0, 0.1) is 5.92 Å². The molecule has 1 atom stereocenters. The van der Waals surface area contributed by atoms with Crippen LogP contribution >= 0.6 is 0 Å². The van der Waals surface area contributed by atoms with Crippen molar-refractivity contribution in [1.29, 1.82) is 0 Å². The third kappa shape index (κ3) is 4.71. The van der Waals surface area contributed by atoms with Crippen LogP contribution in [0.25, 0.3) is 0 Å². The van der Waals surface area contributed by atoms with Gasteiger partial charge in [-0.3, -0.25) is 4.79 Å². The predicted octanol–water partition coefficient (Wildman–Crippen LogP) is 1.24. The van der Waals surface area contributed by atoms with Crippen molar-refractivity contribution < 1.29 is 17.9 Å². The zero-order chi connectivity index (χ0) is 15.2.